The number of hydrogen-bond donors (Lipinski definition) is 2. The molecule has 0 atom stereocenters. The second kappa shape index (κ2) is 11.8. The van der Waals surface area contributed by atoms with Gasteiger partial charge in [-0.3, -0.25) is 9.59 Å². The number of hydrogen-bond acceptors (Lipinski definition) is 4. The van der Waals surface area contributed by atoms with Crippen molar-refractivity contribution < 1.29 is 18.7 Å². The highest BCUT2D eigenvalue weighted by atomic mass is 79.9. The number of nitrogens with one attached hydrogen (secondary N) is 2. The highest BCUT2D eigenvalue weighted by molar-refractivity contribution is 9.11. The van der Waals surface area contributed by atoms with E-state index in [0.29, 0.717) is 25.9 Å². The molecule has 0 bridgehead atoms. The van der Waals surface area contributed by atoms with E-state index in [9.17, 15) is 19.2 Å². The van der Waals surface area contributed by atoms with Gasteiger partial charge in [0.1, 0.15) is 23.2 Å². The van der Waals surface area contributed by atoms with Crippen LogP contribution in [-0.2, 0) is 9.59 Å². The van der Waals surface area contributed by atoms with Crippen LogP contribution in [0.4, 0.5) is 15.8 Å². The standard InChI is InChI=1S/C26H20Br2FN3O3/c1-15-4-3-5-23(16(15)2)32-24(33)14-35-25-21(27)11-17(12-22(25)28)10-18(13-30)26(34)31-20-8-6-19(29)7-9-20/h3-12H,14H2,1-2H3,(H,31,34)(H,32,33)/b18-10+. The molecule has 2 N–H and O–H groups in total. The third-order valence-electron chi connectivity index (χ3n) is 5.03. The molecule has 0 aliphatic heterocycles. The Morgan fingerprint density at radius 3 is 2.34 bits per heavy atom. The SMILES string of the molecule is Cc1cccc(NC(=O)COc2c(Br)cc(/C=C(\C#N)C(=O)Nc3ccc(F)cc3)cc2Br)c1C. The Morgan fingerprint density at radius 2 is 1.71 bits per heavy atom. The second-order valence-electron chi connectivity index (χ2n) is 7.53. The van der Waals surface area contributed by atoms with Crippen molar-refractivity contribution in [2.45, 2.75) is 13.8 Å². The summed E-state index contributed by atoms with van der Waals surface area (Å²) in [4.78, 5) is 24.8. The molecule has 6 nitrogen and oxygen atoms in total. The Balaban J connectivity index is 1.70. The summed E-state index contributed by atoms with van der Waals surface area (Å²) in [5.74, 6) is -0.980. The minimum absolute atomic E-state index is 0.144. The van der Waals surface area contributed by atoms with Crippen LogP contribution in [0.3, 0.4) is 0 Å². The number of benzene rings is 3. The molecule has 0 saturated heterocycles. The van der Waals surface area contributed by atoms with E-state index in [0.717, 1.165) is 16.8 Å². The van der Waals surface area contributed by atoms with E-state index in [1.165, 1.54) is 30.3 Å². The highest BCUT2D eigenvalue weighted by Crippen LogP contribution is 2.35. The van der Waals surface area contributed by atoms with Crippen molar-refractivity contribution in [1.82, 2.24) is 0 Å². The summed E-state index contributed by atoms with van der Waals surface area (Å²) < 4.78 is 19.8. The number of halogens is 3. The van der Waals surface area contributed by atoms with Crippen LogP contribution >= 0.6 is 31.9 Å². The van der Waals surface area contributed by atoms with Gasteiger partial charge < -0.3 is 15.4 Å². The summed E-state index contributed by atoms with van der Waals surface area (Å²) in [6.07, 6.45) is 1.41. The lowest BCUT2D eigenvalue weighted by Gasteiger charge is -2.13. The monoisotopic (exact) mass is 599 g/mol. The predicted molar refractivity (Wildman–Crippen MR) is 141 cm³/mol. The van der Waals surface area contributed by atoms with Gasteiger partial charge >= 0.3 is 0 Å². The maximum absolute atomic E-state index is 13.1. The molecule has 0 unspecified atom stereocenters. The van der Waals surface area contributed by atoms with E-state index in [1.807, 2.05) is 38.1 Å². The predicted octanol–water partition coefficient (Wildman–Crippen LogP) is 6.53. The number of rotatable bonds is 7. The average Bonchev–Trinajstić information content (AvgIpc) is 2.81. The quantitative estimate of drug-likeness (QED) is 0.238. The second-order valence-corrected chi connectivity index (χ2v) is 9.24. The smallest absolute Gasteiger partial charge is 0.266 e. The van der Waals surface area contributed by atoms with Gasteiger partial charge in [-0.2, -0.15) is 5.26 Å². The van der Waals surface area contributed by atoms with Gasteiger partial charge in [0.2, 0.25) is 0 Å². The molecule has 0 aliphatic carbocycles. The summed E-state index contributed by atoms with van der Waals surface area (Å²) in [6, 6.07) is 16.1. The van der Waals surface area contributed by atoms with Gasteiger partial charge in [0, 0.05) is 11.4 Å². The molecule has 178 valence electrons. The average molecular weight is 601 g/mol. The van der Waals surface area contributed by atoms with Crippen molar-refractivity contribution >= 4 is 61.1 Å². The molecule has 9 heteroatoms. The summed E-state index contributed by atoms with van der Waals surface area (Å²) >= 11 is 6.82. The molecule has 2 amide bonds. The lowest BCUT2D eigenvalue weighted by atomic mass is 10.1. The molecule has 35 heavy (non-hydrogen) atoms. The number of nitrogens with zero attached hydrogens (tertiary/aromatic N) is 1. The first kappa shape index (κ1) is 26.1. The van der Waals surface area contributed by atoms with E-state index in [2.05, 4.69) is 42.5 Å². The number of carbonyl (C=O) groups excluding carboxylic acids is 2. The van der Waals surface area contributed by atoms with Gasteiger partial charge in [0.25, 0.3) is 11.8 Å². The fraction of sp³-hybridized carbons (Fsp3) is 0.115. The van der Waals surface area contributed by atoms with Crippen molar-refractivity contribution in [2.24, 2.45) is 0 Å². The summed E-state index contributed by atoms with van der Waals surface area (Å²) in [6.45, 7) is 3.68. The molecule has 3 aromatic carbocycles. The first-order chi connectivity index (χ1) is 16.7. The maximum Gasteiger partial charge on any atom is 0.266 e. The van der Waals surface area contributed by atoms with Crippen LogP contribution in [-0.4, -0.2) is 18.4 Å². The van der Waals surface area contributed by atoms with Gasteiger partial charge in [-0.15, -0.1) is 0 Å². The zero-order valence-electron chi connectivity index (χ0n) is 18.8. The first-order valence-corrected chi connectivity index (χ1v) is 11.9. The number of carbonyl (C=O) groups is 2. The van der Waals surface area contributed by atoms with Gasteiger partial charge in [0.05, 0.1) is 8.95 Å². The van der Waals surface area contributed by atoms with E-state index >= 15 is 0 Å². The summed E-state index contributed by atoms with van der Waals surface area (Å²) in [5, 5.41) is 14.8. The van der Waals surface area contributed by atoms with E-state index in [4.69, 9.17) is 4.74 Å². The van der Waals surface area contributed by atoms with Crippen LogP contribution in [0.15, 0.2) is 69.1 Å². The fourth-order valence-electron chi connectivity index (χ4n) is 3.06. The zero-order valence-corrected chi connectivity index (χ0v) is 22.0. The minimum Gasteiger partial charge on any atom is -0.481 e. The molecule has 0 aliphatic rings. The van der Waals surface area contributed by atoms with E-state index in [1.54, 1.807) is 12.1 Å². The summed E-state index contributed by atoms with van der Waals surface area (Å²) in [5.41, 5.74) is 3.54. The molecule has 0 spiro atoms. The van der Waals surface area contributed by atoms with Crippen molar-refractivity contribution in [3.8, 4) is 11.8 Å². The number of nitriles is 1. The number of aryl methyl sites for hydroxylation is 1. The summed E-state index contributed by atoms with van der Waals surface area (Å²) in [7, 11) is 0. The fourth-order valence-corrected chi connectivity index (χ4v) is 4.51. The molecular weight excluding hydrogens is 581 g/mol. The maximum atomic E-state index is 13.1. The van der Waals surface area contributed by atoms with Crippen LogP contribution in [0.5, 0.6) is 5.75 Å². The zero-order chi connectivity index (χ0) is 25.5. The van der Waals surface area contributed by atoms with Crippen molar-refractivity contribution in [2.75, 3.05) is 17.2 Å². The lowest BCUT2D eigenvalue weighted by molar-refractivity contribution is -0.118. The molecule has 0 fully saturated rings. The third-order valence-corrected chi connectivity index (χ3v) is 6.20. The molecule has 0 saturated carbocycles. The van der Waals surface area contributed by atoms with Crippen LogP contribution < -0.4 is 15.4 Å². The van der Waals surface area contributed by atoms with Crippen LogP contribution in [0, 0.1) is 31.0 Å². The van der Waals surface area contributed by atoms with E-state index in [-0.39, 0.29) is 18.1 Å². The minimum atomic E-state index is -0.630. The van der Waals surface area contributed by atoms with Gasteiger partial charge in [0.15, 0.2) is 6.61 Å². The van der Waals surface area contributed by atoms with Gasteiger partial charge in [-0.25, -0.2) is 4.39 Å². The highest BCUT2D eigenvalue weighted by Gasteiger charge is 2.14. The first-order valence-electron chi connectivity index (χ1n) is 10.3. The largest absolute Gasteiger partial charge is 0.481 e. The van der Waals surface area contributed by atoms with Crippen LogP contribution in [0.2, 0.25) is 0 Å². The van der Waals surface area contributed by atoms with Gasteiger partial charge in [-0.1, -0.05) is 12.1 Å². The van der Waals surface area contributed by atoms with Crippen molar-refractivity contribution in [3.63, 3.8) is 0 Å². The Bertz CT molecular complexity index is 1330. The molecule has 0 heterocycles. The normalized spacial score (nSPS) is 10.9. The van der Waals surface area contributed by atoms with Gasteiger partial charge in [-0.05, 0) is 111 Å². The molecule has 3 rings (SSSR count). The topological polar surface area (TPSA) is 91.2 Å². The molecule has 3 aromatic rings. The molecule has 0 aromatic heterocycles. The number of ether oxygens (including phenoxy) is 1. The molecular formula is C26H20Br2FN3O3. The van der Waals surface area contributed by atoms with Crippen molar-refractivity contribution in [1.29, 1.82) is 5.26 Å². The van der Waals surface area contributed by atoms with Crippen LogP contribution in [0.1, 0.15) is 16.7 Å². The lowest BCUT2D eigenvalue weighted by Crippen LogP contribution is -2.21. The molecule has 0 radical (unpaired) electrons. The Kier molecular flexibility index (Phi) is 8.79. The van der Waals surface area contributed by atoms with Crippen molar-refractivity contribution in [3.05, 3.63) is 91.6 Å². The van der Waals surface area contributed by atoms with Crippen LogP contribution in [0.25, 0.3) is 6.08 Å². The Morgan fingerprint density at radius 1 is 1.06 bits per heavy atom. The third kappa shape index (κ3) is 7.01. The van der Waals surface area contributed by atoms with E-state index < -0.39 is 11.7 Å². The number of anilines is 2. The Labute approximate surface area is 219 Å². The Hall–Kier alpha value is -3.48. The number of amides is 2.